The second-order valence-electron chi connectivity index (χ2n) is 10.2. The molecule has 2 aliphatic rings. The van der Waals surface area contributed by atoms with Crippen molar-refractivity contribution in [3.05, 3.63) is 76.8 Å². The second-order valence-corrected chi connectivity index (χ2v) is 11.1. The number of morpholine rings is 1. The maximum Gasteiger partial charge on any atom is 0.323 e. The van der Waals surface area contributed by atoms with Crippen LogP contribution in [0, 0.1) is 0 Å². The first-order chi connectivity index (χ1) is 20.5. The molecule has 0 aliphatic carbocycles. The summed E-state index contributed by atoms with van der Waals surface area (Å²) in [5.41, 5.74) is 3.64. The van der Waals surface area contributed by atoms with Crippen LogP contribution in [0.15, 0.2) is 71.2 Å². The van der Waals surface area contributed by atoms with Gasteiger partial charge >= 0.3 is 6.03 Å². The van der Waals surface area contributed by atoms with Crippen LogP contribution in [0.5, 0.6) is 5.75 Å². The van der Waals surface area contributed by atoms with Gasteiger partial charge in [-0.3, -0.25) is 9.69 Å². The summed E-state index contributed by atoms with van der Waals surface area (Å²) in [6, 6.07) is 20.5. The number of hydrogen-bond donors (Lipinski definition) is 3. The number of piperazine rings is 1. The van der Waals surface area contributed by atoms with Gasteiger partial charge in [-0.15, -0.1) is 0 Å². The van der Waals surface area contributed by atoms with Crippen LogP contribution in [0.25, 0.3) is 0 Å². The van der Waals surface area contributed by atoms with Crippen molar-refractivity contribution < 1.29 is 19.1 Å². The number of urea groups is 1. The molecule has 0 aromatic heterocycles. The maximum absolute atomic E-state index is 13.5. The van der Waals surface area contributed by atoms with Crippen molar-refractivity contribution in [3.63, 3.8) is 0 Å². The summed E-state index contributed by atoms with van der Waals surface area (Å²) in [5.74, 6) is 0.685. The third-order valence-corrected chi connectivity index (χ3v) is 7.94. The summed E-state index contributed by atoms with van der Waals surface area (Å²) >= 11 is 3.42. The zero-order valence-electron chi connectivity index (χ0n) is 23.8. The molecule has 0 saturated carbocycles. The summed E-state index contributed by atoms with van der Waals surface area (Å²) in [6.07, 6.45) is 0. The summed E-state index contributed by atoms with van der Waals surface area (Å²) in [7, 11) is 1.69. The maximum atomic E-state index is 13.5. The van der Waals surface area contributed by atoms with Crippen LogP contribution in [0.2, 0.25) is 0 Å². The molecule has 2 heterocycles. The van der Waals surface area contributed by atoms with Gasteiger partial charge in [0.2, 0.25) is 0 Å². The Labute approximate surface area is 255 Å². The van der Waals surface area contributed by atoms with Gasteiger partial charge in [-0.1, -0.05) is 34.1 Å². The topological polar surface area (TPSA) is 98.4 Å². The Morgan fingerprint density at radius 3 is 2.24 bits per heavy atom. The van der Waals surface area contributed by atoms with Crippen LogP contribution < -0.4 is 30.5 Å². The van der Waals surface area contributed by atoms with Gasteiger partial charge < -0.3 is 35.2 Å². The van der Waals surface area contributed by atoms with Gasteiger partial charge in [-0.2, -0.15) is 0 Å². The molecule has 2 fully saturated rings. The number of para-hydroxylation sites is 2. The molecule has 3 aromatic carbocycles. The molecule has 0 spiro atoms. The summed E-state index contributed by atoms with van der Waals surface area (Å²) in [5, 5.41) is 8.81. The normalized spacial score (nSPS) is 15.7. The highest BCUT2D eigenvalue weighted by Gasteiger charge is 2.24. The van der Waals surface area contributed by atoms with Gasteiger partial charge in [0, 0.05) is 73.9 Å². The molecule has 42 heavy (non-hydrogen) atoms. The Kier molecular flexibility index (Phi) is 10.2. The van der Waals surface area contributed by atoms with Gasteiger partial charge in [-0.25, -0.2) is 4.79 Å². The molecule has 10 nitrogen and oxygen atoms in total. The molecule has 222 valence electrons. The lowest BCUT2D eigenvalue weighted by Gasteiger charge is -2.38. The third-order valence-electron chi connectivity index (χ3n) is 7.45. The van der Waals surface area contributed by atoms with E-state index in [-0.39, 0.29) is 11.9 Å². The number of nitrogens with one attached hydrogen (secondary N) is 3. The molecular weight excluding hydrogens is 600 g/mol. The average Bonchev–Trinajstić information content (AvgIpc) is 3.01. The summed E-state index contributed by atoms with van der Waals surface area (Å²) < 4.78 is 11.9. The highest BCUT2D eigenvalue weighted by Crippen LogP contribution is 2.31. The number of carbonyl (C=O) groups is 2. The fraction of sp³-hybridized carbons (Fsp3) is 0.355. The zero-order chi connectivity index (χ0) is 29.3. The molecule has 5 rings (SSSR count). The van der Waals surface area contributed by atoms with Gasteiger partial charge in [0.1, 0.15) is 5.75 Å². The number of carbonyl (C=O) groups excluding carboxylic acids is 2. The van der Waals surface area contributed by atoms with Crippen molar-refractivity contribution in [3.8, 4) is 5.75 Å². The SMILES string of the molecule is COc1ccccc1N1CCN(c2ccc(NC(=O)Nc3cccc(Br)c3)cc2C(=O)NCCN2CCOCC2)CC1. The Bertz CT molecular complexity index is 1380. The number of hydrogen-bond acceptors (Lipinski definition) is 7. The van der Waals surface area contributed by atoms with E-state index in [1.807, 2.05) is 54.6 Å². The Hall–Kier alpha value is -3.80. The minimum atomic E-state index is -0.384. The van der Waals surface area contributed by atoms with Gasteiger partial charge in [0.05, 0.1) is 31.6 Å². The number of nitrogens with zero attached hydrogens (tertiary/aromatic N) is 3. The van der Waals surface area contributed by atoms with Gasteiger partial charge in [0.25, 0.3) is 5.91 Å². The van der Waals surface area contributed by atoms with Crippen molar-refractivity contribution in [2.45, 2.75) is 0 Å². The molecule has 0 atom stereocenters. The standard InChI is InChI=1S/C31H37BrN6O4/c1-41-29-8-3-2-7-28(29)38-15-13-37(14-16-38)27-10-9-25(35-31(40)34-24-6-4-5-23(32)21-24)22-26(27)30(39)33-11-12-36-17-19-42-20-18-36/h2-10,21-22H,11-20H2,1H3,(H,33,39)(H2,34,35,40). The van der Waals surface area contributed by atoms with Crippen LogP contribution in [-0.2, 0) is 4.74 Å². The first-order valence-electron chi connectivity index (χ1n) is 14.2. The predicted octanol–water partition coefficient (Wildman–Crippen LogP) is 4.49. The minimum Gasteiger partial charge on any atom is -0.495 e. The van der Waals surface area contributed by atoms with E-state index in [1.54, 1.807) is 13.2 Å². The first-order valence-corrected chi connectivity index (χ1v) is 15.0. The van der Waals surface area contributed by atoms with Crippen LogP contribution in [0.1, 0.15) is 10.4 Å². The van der Waals surface area contributed by atoms with E-state index in [0.29, 0.717) is 36.7 Å². The number of rotatable bonds is 9. The lowest BCUT2D eigenvalue weighted by atomic mass is 10.1. The zero-order valence-corrected chi connectivity index (χ0v) is 25.4. The Morgan fingerprint density at radius 2 is 1.52 bits per heavy atom. The molecule has 3 amide bonds. The predicted molar refractivity (Wildman–Crippen MR) is 170 cm³/mol. The van der Waals surface area contributed by atoms with Crippen LogP contribution in [0.4, 0.5) is 27.5 Å². The Balaban J connectivity index is 1.29. The fourth-order valence-corrected chi connectivity index (χ4v) is 5.66. The fourth-order valence-electron chi connectivity index (χ4n) is 5.26. The quantitative estimate of drug-likeness (QED) is 0.318. The lowest BCUT2D eigenvalue weighted by molar-refractivity contribution is 0.0383. The molecule has 3 aromatic rings. The number of benzene rings is 3. The van der Waals surface area contributed by atoms with Crippen molar-refractivity contribution in [1.29, 1.82) is 0 Å². The monoisotopic (exact) mass is 636 g/mol. The van der Waals surface area contributed by atoms with E-state index in [0.717, 1.165) is 67.4 Å². The molecule has 3 N–H and O–H groups in total. The Morgan fingerprint density at radius 1 is 0.833 bits per heavy atom. The average molecular weight is 638 g/mol. The van der Waals surface area contributed by atoms with Crippen LogP contribution in [0.3, 0.4) is 0 Å². The highest BCUT2D eigenvalue weighted by molar-refractivity contribution is 9.10. The van der Waals surface area contributed by atoms with Crippen molar-refractivity contribution in [1.82, 2.24) is 10.2 Å². The number of halogens is 1. The largest absolute Gasteiger partial charge is 0.495 e. The van der Waals surface area contributed by atoms with Crippen molar-refractivity contribution in [2.24, 2.45) is 0 Å². The molecule has 2 saturated heterocycles. The number of anilines is 4. The van der Waals surface area contributed by atoms with Gasteiger partial charge in [0.15, 0.2) is 0 Å². The van der Waals surface area contributed by atoms with E-state index < -0.39 is 0 Å². The molecular formula is C31H37BrN6O4. The van der Waals surface area contributed by atoms with Crippen LogP contribution >= 0.6 is 15.9 Å². The molecule has 0 unspecified atom stereocenters. The molecule has 2 aliphatic heterocycles. The van der Waals surface area contributed by atoms with E-state index in [2.05, 4.69) is 52.6 Å². The van der Waals surface area contributed by atoms with E-state index in [1.165, 1.54) is 0 Å². The molecule has 0 radical (unpaired) electrons. The second kappa shape index (κ2) is 14.4. The highest BCUT2D eigenvalue weighted by atomic mass is 79.9. The van der Waals surface area contributed by atoms with Gasteiger partial charge in [-0.05, 0) is 48.5 Å². The van der Waals surface area contributed by atoms with E-state index in [9.17, 15) is 9.59 Å². The lowest BCUT2D eigenvalue weighted by Crippen LogP contribution is -2.47. The number of amides is 3. The van der Waals surface area contributed by atoms with E-state index in [4.69, 9.17) is 9.47 Å². The van der Waals surface area contributed by atoms with E-state index >= 15 is 0 Å². The number of ether oxygens (including phenoxy) is 2. The molecule has 11 heteroatoms. The minimum absolute atomic E-state index is 0.165. The summed E-state index contributed by atoms with van der Waals surface area (Å²) in [4.78, 5) is 33.1. The number of methoxy groups -OCH3 is 1. The van der Waals surface area contributed by atoms with Crippen LogP contribution in [-0.4, -0.2) is 89.5 Å². The smallest absolute Gasteiger partial charge is 0.323 e. The first kappa shape index (κ1) is 29.7. The molecule has 0 bridgehead atoms. The van der Waals surface area contributed by atoms with Crippen molar-refractivity contribution in [2.75, 3.05) is 93.1 Å². The summed E-state index contributed by atoms with van der Waals surface area (Å²) in [6.45, 7) is 7.50. The van der Waals surface area contributed by atoms with Crippen molar-refractivity contribution >= 4 is 50.6 Å². The third kappa shape index (κ3) is 7.72.